The second-order valence-electron chi connectivity index (χ2n) is 8.23. The number of hydrogen-bond donors (Lipinski definition) is 1. The topological polar surface area (TPSA) is 66.3 Å². The van der Waals surface area contributed by atoms with Crippen molar-refractivity contribution in [3.63, 3.8) is 0 Å². The van der Waals surface area contributed by atoms with Crippen molar-refractivity contribution < 1.29 is 4.79 Å². The highest BCUT2D eigenvalue weighted by molar-refractivity contribution is 5.90. The maximum absolute atomic E-state index is 12.3. The number of rotatable bonds is 6. The Morgan fingerprint density at radius 1 is 1.25 bits per heavy atom. The number of carbonyl (C=O) groups excluding carboxylic acids is 1. The highest BCUT2D eigenvalue weighted by atomic mass is 16.2. The van der Waals surface area contributed by atoms with Gasteiger partial charge in [0.05, 0.1) is 0 Å². The zero-order valence-corrected chi connectivity index (χ0v) is 17.3. The molecule has 2 aromatic heterocycles. The summed E-state index contributed by atoms with van der Waals surface area (Å²) in [5, 5.41) is 3.72. The van der Waals surface area contributed by atoms with E-state index in [9.17, 15) is 4.79 Å². The molecule has 1 aliphatic carbocycles. The van der Waals surface area contributed by atoms with Crippen molar-refractivity contribution in [3.05, 3.63) is 41.1 Å². The van der Waals surface area contributed by atoms with Crippen LogP contribution in [0.15, 0.2) is 18.3 Å². The first-order valence-electron chi connectivity index (χ1n) is 10.1. The Kier molecular flexibility index (Phi) is 5.10. The van der Waals surface area contributed by atoms with Crippen molar-refractivity contribution in [2.45, 2.75) is 51.7 Å². The fraction of sp³-hybridized carbons (Fsp3) is 0.571. The summed E-state index contributed by atoms with van der Waals surface area (Å²) in [5.41, 5.74) is 3.29. The Labute approximate surface area is 166 Å². The van der Waals surface area contributed by atoms with Gasteiger partial charge in [0.2, 0.25) is 5.82 Å². The van der Waals surface area contributed by atoms with Crippen molar-refractivity contribution in [2.24, 2.45) is 0 Å². The second kappa shape index (κ2) is 7.54. The fourth-order valence-corrected chi connectivity index (χ4v) is 3.87. The summed E-state index contributed by atoms with van der Waals surface area (Å²) in [6.07, 6.45) is 5.88. The van der Waals surface area contributed by atoms with E-state index in [0.29, 0.717) is 12.1 Å². The van der Waals surface area contributed by atoms with Crippen LogP contribution in [0.3, 0.4) is 0 Å². The number of hydrogen-bond acceptors (Lipinski definition) is 5. The van der Waals surface area contributed by atoms with Gasteiger partial charge < -0.3 is 19.7 Å². The lowest BCUT2D eigenvalue weighted by atomic mass is 10.2. The van der Waals surface area contributed by atoms with Gasteiger partial charge in [0.1, 0.15) is 5.82 Å². The Balaban J connectivity index is 1.43. The third kappa shape index (κ3) is 3.76. The van der Waals surface area contributed by atoms with E-state index in [1.54, 1.807) is 14.1 Å². The molecular formula is C21H30N6O. The van der Waals surface area contributed by atoms with E-state index in [1.165, 1.54) is 23.4 Å². The van der Waals surface area contributed by atoms with E-state index in [4.69, 9.17) is 0 Å². The molecule has 0 radical (unpaired) electrons. The number of aryl methyl sites for hydroxylation is 1. The van der Waals surface area contributed by atoms with Crippen LogP contribution in [-0.2, 0) is 6.54 Å². The molecule has 1 amide bonds. The molecule has 0 unspecified atom stereocenters. The molecule has 7 nitrogen and oxygen atoms in total. The fourth-order valence-electron chi connectivity index (χ4n) is 3.87. The van der Waals surface area contributed by atoms with Crippen molar-refractivity contribution in [1.29, 1.82) is 0 Å². The third-order valence-corrected chi connectivity index (χ3v) is 5.83. The van der Waals surface area contributed by atoms with Gasteiger partial charge in [0.15, 0.2) is 0 Å². The van der Waals surface area contributed by atoms with Crippen LogP contribution in [0.25, 0.3) is 0 Å². The van der Waals surface area contributed by atoms with E-state index < -0.39 is 0 Å². The quantitative estimate of drug-likeness (QED) is 0.830. The standard InChI is InChI=1S/C21H30N6O/c1-14-15(2)23-19(21(28)25(3)4)24-20(14)26-11-9-16(13-26)22-12-18-6-5-10-27(18)17-7-8-17/h5-6,10,16-17,22H,7-9,11-13H2,1-4H3/t16-/m1/s1. The minimum absolute atomic E-state index is 0.154. The Bertz CT molecular complexity index is 870. The number of nitrogens with one attached hydrogen (secondary N) is 1. The number of amides is 1. The Hall–Kier alpha value is -2.41. The van der Waals surface area contributed by atoms with Crippen molar-refractivity contribution in [2.75, 3.05) is 32.1 Å². The molecule has 2 fully saturated rings. The summed E-state index contributed by atoms with van der Waals surface area (Å²) in [4.78, 5) is 25.2. The van der Waals surface area contributed by atoms with Crippen molar-refractivity contribution >= 4 is 11.7 Å². The van der Waals surface area contributed by atoms with Gasteiger partial charge in [-0.15, -0.1) is 0 Å². The van der Waals surface area contributed by atoms with Crippen LogP contribution >= 0.6 is 0 Å². The smallest absolute Gasteiger partial charge is 0.291 e. The largest absolute Gasteiger partial charge is 0.355 e. The molecule has 2 aliphatic rings. The van der Waals surface area contributed by atoms with E-state index >= 15 is 0 Å². The van der Waals surface area contributed by atoms with E-state index in [1.807, 2.05) is 13.8 Å². The van der Waals surface area contributed by atoms with Gasteiger partial charge in [0.25, 0.3) is 5.91 Å². The molecule has 1 N–H and O–H groups in total. The number of anilines is 1. The van der Waals surface area contributed by atoms with Crippen LogP contribution in [0.4, 0.5) is 5.82 Å². The van der Waals surface area contributed by atoms with Gasteiger partial charge in [-0.3, -0.25) is 4.79 Å². The van der Waals surface area contributed by atoms with Gasteiger partial charge in [0, 0.05) is 69.0 Å². The Morgan fingerprint density at radius 2 is 2.04 bits per heavy atom. The lowest BCUT2D eigenvalue weighted by Crippen LogP contribution is -2.33. The molecule has 3 heterocycles. The van der Waals surface area contributed by atoms with Gasteiger partial charge in [-0.25, -0.2) is 9.97 Å². The zero-order valence-electron chi connectivity index (χ0n) is 17.3. The van der Waals surface area contributed by atoms with Crippen LogP contribution in [0.5, 0.6) is 0 Å². The molecule has 2 aromatic rings. The van der Waals surface area contributed by atoms with E-state index in [2.05, 4.69) is 43.1 Å². The molecular weight excluding hydrogens is 352 g/mol. The molecule has 1 atom stereocenters. The minimum Gasteiger partial charge on any atom is -0.355 e. The lowest BCUT2D eigenvalue weighted by Gasteiger charge is -2.22. The monoisotopic (exact) mass is 382 g/mol. The van der Waals surface area contributed by atoms with E-state index in [-0.39, 0.29) is 11.7 Å². The maximum Gasteiger partial charge on any atom is 0.291 e. The summed E-state index contributed by atoms with van der Waals surface area (Å²) in [6, 6.07) is 5.50. The Morgan fingerprint density at radius 3 is 2.75 bits per heavy atom. The number of aromatic nitrogens is 3. The molecule has 28 heavy (non-hydrogen) atoms. The molecule has 0 aromatic carbocycles. The molecule has 4 rings (SSSR count). The first-order chi connectivity index (χ1) is 13.4. The summed E-state index contributed by atoms with van der Waals surface area (Å²) in [7, 11) is 3.46. The molecule has 7 heteroatoms. The van der Waals surface area contributed by atoms with Gasteiger partial charge in [-0.05, 0) is 45.2 Å². The summed E-state index contributed by atoms with van der Waals surface area (Å²) < 4.78 is 2.41. The zero-order chi connectivity index (χ0) is 19.8. The summed E-state index contributed by atoms with van der Waals surface area (Å²) >= 11 is 0. The van der Waals surface area contributed by atoms with E-state index in [0.717, 1.165) is 43.1 Å². The minimum atomic E-state index is -0.154. The highest BCUT2D eigenvalue weighted by Crippen LogP contribution is 2.36. The van der Waals surface area contributed by atoms with Gasteiger partial charge in [-0.1, -0.05) is 0 Å². The predicted octanol–water partition coefficient (Wildman–Crippen LogP) is 2.30. The molecule has 1 saturated heterocycles. The summed E-state index contributed by atoms with van der Waals surface area (Å²) in [6.45, 7) is 6.72. The average molecular weight is 383 g/mol. The average Bonchev–Trinajstić information content (AvgIpc) is 3.22. The highest BCUT2D eigenvalue weighted by Gasteiger charge is 2.28. The molecule has 1 aliphatic heterocycles. The predicted molar refractivity (Wildman–Crippen MR) is 110 cm³/mol. The normalized spacial score (nSPS) is 19.3. The maximum atomic E-state index is 12.3. The van der Waals surface area contributed by atoms with Crippen LogP contribution in [0.2, 0.25) is 0 Å². The first-order valence-corrected chi connectivity index (χ1v) is 10.1. The molecule has 0 spiro atoms. The van der Waals surface area contributed by atoms with Crippen molar-refractivity contribution in [1.82, 2.24) is 24.8 Å². The SMILES string of the molecule is Cc1nc(C(=O)N(C)C)nc(N2CC[C@@H](NCc3cccn3C3CC3)C2)c1C. The number of carbonyl (C=O) groups is 1. The van der Waals surface area contributed by atoms with Crippen LogP contribution in [0, 0.1) is 13.8 Å². The summed E-state index contributed by atoms with van der Waals surface area (Å²) in [5.74, 6) is 1.02. The van der Waals surface area contributed by atoms with Crippen molar-refractivity contribution in [3.8, 4) is 0 Å². The third-order valence-electron chi connectivity index (χ3n) is 5.83. The molecule has 1 saturated carbocycles. The van der Waals surface area contributed by atoms with Crippen LogP contribution in [-0.4, -0.2) is 58.6 Å². The lowest BCUT2D eigenvalue weighted by molar-refractivity contribution is 0.0815. The molecule has 150 valence electrons. The molecule has 0 bridgehead atoms. The van der Waals surface area contributed by atoms with Gasteiger partial charge in [-0.2, -0.15) is 0 Å². The second-order valence-corrected chi connectivity index (χ2v) is 8.23. The number of nitrogens with zero attached hydrogens (tertiary/aromatic N) is 5. The van der Waals surface area contributed by atoms with Gasteiger partial charge >= 0.3 is 0 Å². The van der Waals surface area contributed by atoms with Crippen LogP contribution in [0.1, 0.15) is 52.9 Å². The van der Waals surface area contributed by atoms with Crippen LogP contribution < -0.4 is 10.2 Å². The first kappa shape index (κ1) is 18.9.